The lowest BCUT2D eigenvalue weighted by Gasteiger charge is -2.20. The van der Waals surface area contributed by atoms with Crippen LogP contribution >= 0.6 is 11.6 Å². The molecule has 2 aromatic rings. The SMILES string of the molecule is CCNC(=O)NC(=O)[C@@H](C)OC(=O)c1cc(S(=O)(=O)N(C)c2ccc(F)cc2)ccc1Cl. The Morgan fingerprint density at radius 3 is 2.38 bits per heavy atom. The molecule has 12 heteroatoms. The van der Waals surface area contributed by atoms with E-state index in [0.29, 0.717) is 0 Å². The van der Waals surface area contributed by atoms with E-state index in [-0.39, 0.29) is 27.7 Å². The number of nitrogens with one attached hydrogen (secondary N) is 2. The normalized spacial score (nSPS) is 11.9. The number of anilines is 1. The fraction of sp³-hybridized carbons (Fsp3) is 0.250. The predicted octanol–water partition coefficient (Wildman–Crippen LogP) is 2.70. The van der Waals surface area contributed by atoms with E-state index in [1.54, 1.807) is 6.92 Å². The number of nitrogens with zero attached hydrogens (tertiary/aromatic N) is 1. The first-order valence-corrected chi connectivity index (χ1v) is 11.1. The van der Waals surface area contributed by atoms with E-state index in [1.807, 2.05) is 5.32 Å². The maximum Gasteiger partial charge on any atom is 0.340 e. The van der Waals surface area contributed by atoms with Crippen molar-refractivity contribution in [1.82, 2.24) is 10.6 Å². The van der Waals surface area contributed by atoms with Gasteiger partial charge in [0.05, 0.1) is 21.2 Å². The van der Waals surface area contributed by atoms with Crippen LogP contribution in [0.15, 0.2) is 47.4 Å². The molecular formula is C20H21ClFN3O6S. The van der Waals surface area contributed by atoms with Gasteiger partial charge in [0.25, 0.3) is 15.9 Å². The Morgan fingerprint density at radius 1 is 1.16 bits per heavy atom. The second kappa shape index (κ2) is 10.4. The molecule has 0 bridgehead atoms. The molecule has 0 fully saturated rings. The van der Waals surface area contributed by atoms with Crippen LogP contribution < -0.4 is 14.9 Å². The second-order valence-corrected chi connectivity index (χ2v) is 8.86. The number of hydrogen-bond donors (Lipinski definition) is 2. The van der Waals surface area contributed by atoms with Gasteiger partial charge >= 0.3 is 12.0 Å². The average Bonchev–Trinajstić information content (AvgIpc) is 2.73. The monoisotopic (exact) mass is 485 g/mol. The lowest BCUT2D eigenvalue weighted by molar-refractivity contribution is -0.127. The molecule has 0 saturated heterocycles. The lowest BCUT2D eigenvalue weighted by atomic mass is 10.2. The van der Waals surface area contributed by atoms with Crippen LogP contribution in [-0.4, -0.2) is 46.0 Å². The molecular weight excluding hydrogens is 465 g/mol. The number of carbonyl (C=O) groups excluding carboxylic acids is 3. The van der Waals surface area contributed by atoms with Crippen molar-refractivity contribution in [2.75, 3.05) is 17.9 Å². The van der Waals surface area contributed by atoms with Gasteiger partial charge in [0, 0.05) is 13.6 Å². The maximum absolute atomic E-state index is 13.1. The van der Waals surface area contributed by atoms with E-state index in [4.69, 9.17) is 16.3 Å². The van der Waals surface area contributed by atoms with Crippen LogP contribution in [0.4, 0.5) is 14.9 Å². The smallest absolute Gasteiger partial charge is 0.340 e. The van der Waals surface area contributed by atoms with Crippen molar-refractivity contribution >= 4 is 45.2 Å². The number of hydrogen-bond acceptors (Lipinski definition) is 6. The number of esters is 1. The van der Waals surface area contributed by atoms with Crippen LogP contribution in [0.5, 0.6) is 0 Å². The van der Waals surface area contributed by atoms with Crippen molar-refractivity contribution in [3.05, 3.63) is 58.9 Å². The zero-order valence-electron chi connectivity index (χ0n) is 17.4. The summed E-state index contributed by atoms with van der Waals surface area (Å²) in [6.07, 6.45) is -1.36. The fourth-order valence-corrected chi connectivity index (χ4v) is 3.88. The Bertz CT molecular complexity index is 1120. The van der Waals surface area contributed by atoms with E-state index in [1.165, 1.54) is 38.2 Å². The van der Waals surface area contributed by atoms with Gasteiger partial charge in [0.2, 0.25) is 0 Å². The number of amides is 3. The molecule has 0 aliphatic rings. The number of halogens is 2. The van der Waals surface area contributed by atoms with Crippen LogP contribution in [0.25, 0.3) is 0 Å². The summed E-state index contributed by atoms with van der Waals surface area (Å²) >= 11 is 6.03. The van der Waals surface area contributed by atoms with Crippen LogP contribution in [0, 0.1) is 5.82 Å². The molecule has 2 aromatic carbocycles. The van der Waals surface area contributed by atoms with E-state index in [9.17, 15) is 27.2 Å². The number of urea groups is 1. The van der Waals surface area contributed by atoms with Crippen molar-refractivity contribution < 1.29 is 31.9 Å². The minimum absolute atomic E-state index is 0.102. The molecule has 0 heterocycles. The van der Waals surface area contributed by atoms with Gasteiger partial charge in [-0.05, 0) is 56.3 Å². The maximum atomic E-state index is 13.1. The summed E-state index contributed by atoms with van der Waals surface area (Å²) in [4.78, 5) is 35.6. The minimum Gasteiger partial charge on any atom is -0.449 e. The van der Waals surface area contributed by atoms with E-state index in [0.717, 1.165) is 22.5 Å². The first kappa shape index (κ1) is 25.1. The number of carbonyl (C=O) groups is 3. The van der Waals surface area contributed by atoms with Crippen molar-refractivity contribution in [3.63, 3.8) is 0 Å². The standard InChI is InChI=1S/C20H21ClFN3O6S/c1-4-23-20(28)24-18(26)12(2)31-19(27)16-11-15(9-10-17(16)21)32(29,30)25(3)14-7-5-13(22)6-8-14/h5-12H,4H2,1-3H3,(H2,23,24,26,28)/t12-/m1/s1. The van der Waals surface area contributed by atoms with Crippen molar-refractivity contribution in [2.45, 2.75) is 24.8 Å². The molecule has 0 aromatic heterocycles. The summed E-state index contributed by atoms with van der Waals surface area (Å²) in [6, 6.07) is 7.44. The van der Waals surface area contributed by atoms with Crippen molar-refractivity contribution in [1.29, 1.82) is 0 Å². The van der Waals surface area contributed by atoms with Crippen LogP contribution in [0.2, 0.25) is 5.02 Å². The summed E-state index contributed by atoms with van der Waals surface area (Å²) < 4.78 is 45.0. The highest BCUT2D eigenvalue weighted by Crippen LogP contribution is 2.26. The molecule has 2 N–H and O–H groups in total. The summed E-state index contributed by atoms with van der Waals surface area (Å²) in [5.41, 5.74) is -0.0981. The zero-order chi connectivity index (χ0) is 24.1. The number of sulfonamides is 1. The third-order valence-electron chi connectivity index (χ3n) is 4.23. The molecule has 0 unspecified atom stereocenters. The Labute approximate surface area is 189 Å². The van der Waals surface area contributed by atoms with Gasteiger partial charge < -0.3 is 10.1 Å². The van der Waals surface area contributed by atoms with Gasteiger partial charge in [0.15, 0.2) is 6.10 Å². The van der Waals surface area contributed by atoms with E-state index >= 15 is 0 Å². The minimum atomic E-state index is -4.13. The molecule has 9 nitrogen and oxygen atoms in total. The van der Waals surface area contributed by atoms with Gasteiger partial charge in [-0.1, -0.05) is 11.6 Å². The molecule has 172 valence electrons. The number of ether oxygens (including phenoxy) is 1. The Hall–Kier alpha value is -3.18. The molecule has 3 amide bonds. The Balaban J connectivity index is 2.24. The first-order chi connectivity index (χ1) is 15.0. The van der Waals surface area contributed by atoms with Gasteiger partial charge in [-0.2, -0.15) is 0 Å². The molecule has 2 rings (SSSR count). The highest BCUT2D eigenvalue weighted by Gasteiger charge is 2.26. The van der Waals surface area contributed by atoms with Crippen LogP contribution in [0.1, 0.15) is 24.2 Å². The van der Waals surface area contributed by atoms with Crippen LogP contribution in [-0.2, 0) is 19.6 Å². The van der Waals surface area contributed by atoms with Gasteiger partial charge in [-0.15, -0.1) is 0 Å². The van der Waals surface area contributed by atoms with E-state index < -0.39 is 39.9 Å². The third kappa shape index (κ3) is 5.95. The second-order valence-electron chi connectivity index (χ2n) is 6.49. The van der Waals surface area contributed by atoms with E-state index in [2.05, 4.69) is 5.32 Å². The van der Waals surface area contributed by atoms with Crippen molar-refractivity contribution in [2.24, 2.45) is 0 Å². The predicted molar refractivity (Wildman–Crippen MR) is 116 cm³/mol. The molecule has 32 heavy (non-hydrogen) atoms. The quantitative estimate of drug-likeness (QED) is 0.581. The molecule has 0 aliphatic heterocycles. The van der Waals surface area contributed by atoms with Gasteiger partial charge in [-0.25, -0.2) is 22.4 Å². The Kier molecular flexibility index (Phi) is 8.17. The van der Waals surface area contributed by atoms with Crippen LogP contribution in [0.3, 0.4) is 0 Å². The summed E-state index contributed by atoms with van der Waals surface area (Å²) in [6.45, 7) is 3.18. The third-order valence-corrected chi connectivity index (χ3v) is 6.34. The number of imide groups is 1. The number of rotatable bonds is 7. The Morgan fingerprint density at radius 2 is 1.78 bits per heavy atom. The summed E-state index contributed by atoms with van der Waals surface area (Å²) in [5, 5.41) is 4.25. The number of benzene rings is 2. The highest BCUT2D eigenvalue weighted by atomic mass is 35.5. The lowest BCUT2D eigenvalue weighted by Crippen LogP contribution is -2.44. The molecule has 0 saturated carbocycles. The van der Waals surface area contributed by atoms with Gasteiger partial charge in [-0.3, -0.25) is 14.4 Å². The first-order valence-electron chi connectivity index (χ1n) is 9.31. The zero-order valence-corrected chi connectivity index (χ0v) is 19.0. The van der Waals surface area contributed by atoms with Gasteiger partial charge in [0.1, 0.15) is 5.82 Å². The summed E-state index contributed by atoms with van der Waals surface area (Å²) in [7, 11) is -2.87. The van der Waals surface area contributed by atoms with Crippen molar-refractivity contribution in [3.8, 4) is 0 Å². The summed E-state index contributed by atoms with van der Waals surface area (Å²) in [5.74, 6) is -2.46. The molecule has 0 radical (unpaired) electrons. The largest absolute Gasteiger partial charge is 0.449 e. The molecule has 0 aliphatic carbocycles. The topological polar surface area (TPSA) is 122 Å². The molecule has 1 atom stereocenters. The fourth-order valence-electron chi connectivity index (χ4n) is 2.47. The highest BCUT2D eigenvalue weighted by molar-refractivity contribution is 7.92. The molecule has 0 spiro atoms. The average molecular weight is 486 g/mol.